The molecule has 0 unspecified atom stereocenters. The van der Waals surface area contributed by atoms with Crippen molar-refractivity contribution in [2.24, 2.45) is 0 Å². The quantitative estimate of drug-likeness (QED) is 0.498. The number of para-hydroxylation sites is 1. The number of fused-ring (bicyclic) bond motifs is 5. The monoisotopic (exact) mass is 252 g/mol. The standard InChI is InChI=1S/C15H9FN2O/c16-12-3-1-2-10-11-5-4-9-8(7-19)6-17-14(9)15(11)18-13(10)12/h1-7,17-18H. The van der Waals surface area contributed by atoms with Crippen molar-refractivity contribution in [3.8, 4) is 0 Å². The maximum atomic E-state index is 13.8. The summed E-state index contributed by atoms with van der Waals surface area (Å²) in [7, 11) is 0. The molecule has 0 bridgehead atoms. The predicted molar refractivity (Wildman–Crippen MR) is 73.0 cm³/mol. The first-order chi connectivity index (χ1) is 9.29. The Morgan fingerprint density at radius 1 is 0.947 bits per heavy atom. The number of rotatable bonds is 1. The van der Waals surface area contributed by atoms with E-state index in [1.807, 2.05) is 18.2 Å². The van der Waals surface area contributed by atoms with E-state index in [0.29, 0.717) is 11.1 Å². The van der Waals surface area contributed by atoms with Crippen molar-refractivity contribution >= 4 is 39.0 Å². The second-order valence-electron chi connectivity index (χ2n) is 4.56. The van der Waals surface area contributed by atoms with Crippen molar-refractivity contribution in [2.45, 2.75) is 0 Å². The van der Waals surface area contributed by atoms with Crippen LogP contribution in [0.1, 0.15) is 10.4 Å². The zero-order valence-corrected chi connectivity index (χ0v) is 9.83. The summed E-state index contributed by atoms with van der Waals surface area (Å²) < 4.78 is 13.8. The van der Waals surface area contributed by atoms with Crippen LogP contribution in [0.15, 0.2) is 36.5 Å². The van der Waals surface area contributed by atoms with Gasteiger partial charge in [-0.2, -0.15) is 0 Å². The molecule has 0 atom stereocenters. The van der Waals surface area contributed by atoms with E-state index in [9.17, 15) is 9.18 Å². The topological polar surface area (TPSA) is 48.6 Å². The molecule has 0 saturated carbocycles. The van der Waals surface area contributed by atoms with Crippen LogP contribution in [0.5, 0.6) is 0 Å². The molecular formula is C15H9FN2O. The molecule has 4 aromatic rings. The third kappa shape index (κ3) is 1.23. The Balaban J connectivity index is 2.28. The van der Waals surface area contributed by atoms with E-state index in [-0.39, 0.29) is 5.82 Å². The first-order valence-electron chi connectivity index (χ1n) is 5.95. The Morgan fingerprint density at radius 3 is 2.58 bits per heavy atom. The minimum absolute atomic E-state index is 0.274. The molecule has 2 N–H and O–H groups in total. The van der Waals surface area contributed by atoms with Gasteiger partial charge in [-0.25, -0.2) is 4.39 Å². The van der Waals surface area contributed by atoms with Gasteiger partial charge in [0.2, 0.25) is 0 Å². The van der Waals surface area contributed by atoms with Gasteiger partial charge in [-0.1, -0.05) is 24.3 Å². The fraction of sp³-hybridized carbons (Fsp3) is 0. The van der Waals surface area contributed by atoms with Crippen molar-refractivity contribution in [1.82, 2.24) is 9.97 Å². The second kappa shape index (κ2) is 3.45. The maximum absolute atomic E-state index is 13.8. The number of H-pyrrole nitrogens is 2. The van der Waals surface area contributed by atoms with E-state index < -0.39 is 0 Å². The highest BCUT2D eigenvalue weighted by Crippen LogP contribution is 2.32. The van der Waals surface area contributed by atoms with Gasteiger partial charge in [0.1, 0.15) is 5.82 Å². The molecule has 2 aromatic carbocycles. The summed E-state index contributed by atoms with van der Waals surface area (Å²) in [5, 5.41) is 2.63. The summed E-state index contributed by atoms with van der Waals surface area (Å²) in [5.74, 6) is -0.274. The summed E-state index contributed by atoms with van der Waals surface area (Å²) in [6.45, 7) is 0. The van der Waals surface area contributed by atoms with Gasteiger partial charge in [0.25, 0.3) is 0 Å². The van der Waals surface area contributed by atoms with Crippen LogP contribution in [0.3, 0.4) is 0 Å². The van der Waals surface area contributed by atoms with Gasteiger partial charge < -0.3 is 9.97 Å². The lowest BCUT2D eigenvalue weighted by molar-refractivity contribution is 0.112. The van der Waals surface area contributed by atoms with Crippen LogP contribution in [0.25, 0.3) is 32.7 Å². The van der Waals surface area contributed by atoms with Crippen LogP contribution in [-0.2, 0) is 0 Å². The minimum Gasteiger partial charge on any atom is -0.359 e. The molecule has 92 valence electrons. The Labute approximate surface area is 107 Å². The van der Waals surface area contributed by atoms with Crippen LogP contribution in [0, 0.1) is 5.82 Å². The molecule has 4 heteroatoms. The molecular weight excluding hydrogens is 243 g/mol. The number of aromatic amines is 2. The number of carbonyl (C=O) groups is 1. The van der Waals surface area contributed by atoms with Gasteiger partial charge in [-0.3, -0.25) is 4.79 Å². The molecule has 4 rings (SSSR count). The summed E-state index contributed by atoms with van der Waals surface area (Å²) >= 11 is 0. The molecule has 0 aliphatic heterocycles. The number of benzene rings is 2. The number of hydrogen-bond donors (Lipinski definition) is 2. The first-order valence-corrected chi connectivity index (χ1v) is 5.95. The highest BCUT2D eigenvalue weighted by atomic mass is 19.1. The van der Waals surface area contributed by atoms with Crippen LogP contribution in [0.2, 0.25) is 0 Å². The van der Waals surface area contributed by atoms with E-state index in [4.69, 9.17) is 0 Å². The molecule has 0 radical (unpaired) electrons. The minimum atomic E-state index is -0.274. The molecule has 0 fully saturated rings. The highest BCUT2D eigenvalue weighted by molar-refractivity contribution is 6.18. The van der Waals surface area contributed by atoms with Crippen LogP contribution < -0.4 is 0 Å². The van der Waals surface area contributed by atoms with Gasteiger partial charge in [0.15, 0.2) is 6.29 Å². The number of aldehydes is 1. The number of carbonyl (C=O) groups excluding carboxylic acids is 1. The Morgan fingerprint density at radius 2 is 1.74 bits per heavy atom. The molecule has 0 aliphatic carbocycles. The molecule has 2 aromatic heterocycles. The van der Waals surface area contributed by atoms with Gasteiger partial charge >= 0.3 is 0 Å². The summed E-state index contributed by atoms with van der Waals surface area (Å²) in [4.78, 5) is 17.1. The van der Waals surface area contributed by atoms with Crippen molar-refractivity contribution < 1.29 is 9.18 Å². The van der Waals surface area contributed by atoms with Gasteiger partial charge in [0, 0.05) is 27.9 Å². The molecule has 0 spiro atoms. The molecule has 0 aliphatic rings. The summed E-state index contributed by atoms with van der Waals surface area (Å²) in [6.07, 6.45) is 2.48. The maximum Gasteiger partial charge on any atom is 0.152 e. The van der Waals surface area contributed by atoms with Gasteiger partial charge in [0.05, 0.1) is 16.6 Å². The van der Waals surface area contributed by atoms with Crippen LogP contribution in [-0.4, -0.2) is 16.3 Å². The van der Waals surface area contributed by atoms with E-state index >= 15 is 0 Å². The van der Waals surface area contributed by atoms with Crippen molar-refractivity contribution in [2.75, 3.05) is 0 Å². The Bertz CT molecular complexity index is 949. The fourth-order valence-corrected chi connectivity index (χ4v) is 2.67. The van der Waals surface area contributed by atoms with Crippen molar-refractivity contribution in [3.63, 3.8) is 0 Å². The lowest BCUT2D eigenvalue weighted by Crippen LogP contribution is -1.76. The SMILES string of the molecule is O=Cc1c[nH]c2c1ccc1c3cccc(F)c3[nH]c12. The largest absolute Gasteiger partial charge is 0.359 e. The smallest absolute Gasteiger partial charge is 0.152 e. The normalized spacial score (nSPS) is 11.6. The predicted octanol–water partition coefficient (Wildman–Crippen LogP) is 3.75. The van der Waals surface area contributed by atoms with Crippen molar-refractivity contribution in [1.29, 1.82) is 0 Å². The van der Waals surface area contributed by atoms with Gasteiger partial charge in [-0.15, -0.1) is 0 Å². The first kappa shape index (κ1) is 10.3. The summed E-state index contributed by atoms with van der Waals surface area (Å²) in [5.41, 5.74) is 2.75. The zero-order chi connectivity index (χ0) is 13.0. The molecule has 19 heavy (non-hydrogen) atoms. The molecule has 2 heterocycles. The van der Waals surface area contributed by atoms with Crippen LogP contribution in [0.4, 0.5) is 4.39 Å². The number of hydrogen-bond acceptors (Lipinski definition) is 1. The Kier molecular flexibility index (Phi) is 1.87. The number of nitrogens with one attached hydrogen (secondary N) is 2. The number of halogens is 1. The van der Waals surface area contributed by atoms with E-state index in [1.165, 1.54) is 6.07 Å². The average Bonchev–Trinajstić information content (AvgIpc) is 2.99. The average molecular weight is 252 g/mol. The van der Waals surface area contributed by atoms with Crippen molar-refractivity contribution in [3.05, 3.63) is 47.9 Å². The summed E-state index contributed by atoms with van der Waals surface area (Å²) in [6, 6.07) is 8.81. The lowest BCUT2D eigenvalue weighted by atomic mass is 10.1. The fourth-order valence-electron chi connectivity index (χ4n) is 2.67. The second-order valence-corrected chi connectivity index (χ2v) is 4.56. The third-order valence-corrected chi connectivity index (χ3v) is 3.57. The van der Waals surface area contributed by atoms with E-state index in [2.05, 4.69) is 9.97 Å². The lowest BCUT2D eigenvalue weighted by Gasteiger charge is -1.94. The molecule has 3 nitrogen and oxygen atoms in total. The molecule has 0 saturated heterocycles. The van der Waals surface area contributed by atoms with E-state index in [1.54, 1.807) is 12.3 Å². The van der Waals surface area contributed by atoms with Gasteiger partial charge in [-0.05, 0) is 6.07 Å². The molecule has 0 amide bonds. The van der Waals surface area contributed by atoms with Crippen LogP contribution >= 0.6 is 0 Å². The number of aromatic nitrogens is 2. The zero-order valence-electron chi connectivity index (χ0n) is 9.83. The highest BCUT2D eigenvalue weighted by Gasteiger charge is 2.12. The Hall–Kier alpha value is -2.62. The third-order valence-electron chi connectivity index (χ3n) is 3.57. The van der Waals surface area contributed by atoms with E-state index in [0.717, 1.165) is 33.5 Å².